The molecule has 0 bridgehead atoms. The van der Waals surface area contributed by atoms with Crippen LogP contribution in [-0.4, -0.2) is 47.8 Å². The van der Waals surface area contributed by atoms with Crippen LogP contribution in [0.15, 0.2) is 59.5 Å². The maximum Gasteiger partial charge on any atom is 0.252 e. The van der Waals surface area contributed by atoms with Gasteiger partial charge in [0.25, 0.3) is 5.91 Å². The maximum atomic E-state index is 12.7. The summed E-state index contributed by atoms with van der Waals surface area (Å²) >= 11 is 8.15. The number of aryl methyl sites for hydroxylation is 1. The van der Waals surface area contributed by atoms with Crippen molar-refractivity contribution in [2.24, 2.45) is 7.05 Å². The van der Waals surface area contributed by atoms with Crippen LogP contribution in [-0.2, 0) is 12.8 Å². The minimum absolute atomic E-state index is 0.0441. The van der Waals surface area contributed by atoms with E-state index in [4.69, 9.17) is 11.6 Å². The van der Waals surface area contributed by atoms with Crippen LogP contribution in [0.4, 0.5) is 0 Å². The number of thioether (sulfide) groups is 1. The zero-order chi connectivity index (χ0) is 21.5. The SMILES string of the molecule is CN(C)CCCNC(=O)c1ccccc1SCc1c(-c2ccccc2)nn(C)c1Cl. The van der Waals surface area contributed by atoms with Gasteiger partial charge >= 0.3 is 0 Å². The number of benzene rings is 2. The largest absolute Gasteiger partial charge is 0.352 e. The Hall–Kier alpha value is -2.28. The van der Waals surface area contributed by atoms with E-state index in [1.165, 1.54) is 0 Å². The Morgan fingerprint density at radius 2 is 1.83 bits per heavy atom. The van der Waals surface area contributed by atoms with Gasteiger partial charge in [-0.3, -0.25) is 9.48 Å². The minimum atomic E-state index is -0.0441. The quantitative estimate of drug-likeness (QED) is 0.385. The highest BCUT2D eigenvalue weighted by atomic mass is 35.5. The van der Waals surface area contributed by atoms with E-state index in [0.29, 0.717) is 23.0 Å². The van der Waals surface area contributed by atoms with E-state index >= 15 is 0 Å². The Labute approximate surface area is 187 Å². The molecule has 0 aliphatic carbocycles. The van der Waals surface area contributed by atoms with Crippen LogP contribution in [0, 0.1) is 0 Å². The highest BCUT2D eigenvalue weighted by Gasteiger charge is 2.18. The molecule has 1 aromatic heterocycles. The lowest BCUT2D eigenvalue weighted by Gasteiger charge is -2.12. The summed E-state index contributed by atoms with van der Waals surface area (Å²) in [6, 6.07) is 17.7. The van der Waals surface area contributed by atoms with Crippen LogP contribution < -0.4 is 5.32 Å². The molecular formula is C23H27ClN4OS. The molecule has 30 heavy (non-hydrogen) atoms. The average Bonchev–Trinajstić information content (AvgIpc) is 3.04. The van der Waals surface area contributed by atoms with Crippen molar-refractivity contribution >= 4 is 29.3 Å². The Balaban J connectivity index is 1.74. The van der Waals surface area contributed by atoms with Gasteiger partial charge in [0.1, 0.15) is 5.15 Å². The lowest BCUT2D eigenvalue weighted by Crippen LogP contribution is -2.27. The van der Waals surface area contributed by atoms with Gasteiger partial charge in [0.2, 0.25) is 0 Å². The highest BCUT2D eigenvalue weighted by molar-refractivity contribution is 7.98. The third-order valence-electron chi connectivity index (χ3n) is 4.69. The number of nitrogens with one attached hydrogen (secondary N) is 1. The smallest absolute Gasteiger partial charge is 0.252 e. The number of hydrogen-bond donors (Lipinski definition) is 1. The summed E-state index contributed by atoms with van der Waals surface area (Å²) in [5.74, 6) is 0.583. The van der Waals surface area contributed by atoms with Crippen molar-refractivity contribution in [1.29, 1.82) is 0 Å². The fourth-order valence-electron chi connectivity index (χ4n) is 3.13. The summed E-state index contributed by atoms with van der Waals surface area (Å²) < 4.78 is 1.70. The van der Waals surface area contributed by atoms with Crippen molar-refractivity contribution in [2.75, 3.05) is 27.2 Å². The van der Waals surface area contributed by atoms with Crippen molar-refractivity contribution in [3.05, 3.63) is 70.9 Å². The number of rotatable bonds is 9. The van der Waals surface area contributed by atoms with Crippen molar-refractivity contribution in [3.63, 3.8) is 0 Å². The van der Waals surface area contributed by atoms with Crippen LogP contribution in [0.2, 0.25) is 5.15 Å². The Morgan fingerprint density at radius 1 is 1.13 bits per heavy atom. The van der Waals surface area contributed by atoms with Gasteiger partial charge in [0, 0.05) is 35.4 Å². The molecule has 0 fully saturated rings. The number of amides is 1. The van der Waals surface area contributed by atoms with Gasteiger partial charge in [0.05, 0.1) is 11.3 Å². The van der Waals surface area contributed by atoms with E-state index in [0.717, 1.165) is 34.7 Å². The number of aromatic nitrogens is 2. The molecule has 0 aliphatic heterocycles. The number of hydrogen-bond acceptors (Lipinski definition) is 4. The summed E-state index contributed by atoms with van der Waals surface area (Å²) in [6.07, 6.45) is 0.916. The van der Waals surface area contributed by atoms with Crippen molar-refractivity contribution in [1.82, 2.24) is 20.0 Å². The van der Waals surface area contributed by atoms with Crippen LogP contribution >= 0.6 is 23.4 Å². The fraction of sp³-hybridized carbons (Fsp3) is 0.304. The molecule has 5 nitrogen and oxygen atoms in total. The standard InChI is InChI=1S/C23H27ClN4OS/c1-27(2)15-9-14-25-23(29)18-12-7-8-13-20(18)30-16-19-21(26-28(3)22(19)24)17-10-5-4-6-11-17/h4-8,10-13H,9,14-16H2,1-3H3,(H,25,29). The zero-order valence-electron chi connectivity index (χ0n) is 17.6. The van der Waals surface area contributed by atoms with E-state index in [9.17, 15) is 4.79 Å². The van der Waals surface area contributed by atoms with Crippen LogP contribution in [0.3, 0.4) is 0 Å². The highest BCUT2D eigenvalue weighted by Crippen LogP contribution is 2.34. The van der Waals surface area contributed by atoms with E-state index in [2.05, 4.69) is 15.3 Å². The summed E-state index contributed by atoms with van der Waals surface area (Å²) in [5.41, 5.74) is 3.56. The molecule has 158 valence electrons. The van der Waals surface area contributed by atoms with E-state index in [1.54, 1.807) is 16.4 Å². The fourth-order valence-corrected chi connectivity index (χ4v) is 4.46. The summed E-state index contributed by atoms with van der Waals surface area (Å²) in [5, 5.41) is 8.24. The van der Waals surface area contributed by atoms with Crippen LogP contribution in [0.1, 0.15) is 22.3 Å². The molecule has 0 radical (unpaired) electrons. The molecule has 3 rings (SSSR count). The normalized spacial score (nSPS) is 11.1. The van der Waals surface area contributed by atoms with Gasteiger partial charge < -0.3 is 10.2 Å². The summed E-state index contributed by atoms with van der Waals surface area (Å²) in [4.78, 5) is 15.7. The third-order valence-corrected chi connectivity index (χ3v) is 6.26. The molecule has 0 unspecified atom stereocenters. The topological polar surface area (TPSA) is 50.2 Å². The predicted molar refractivity (Wildman–Crippen MR) is 125 cm³/mol. The van der Waals surface area contributed by atoms with E-state index < -0.39 is 0 Å². The first-order valence-electron chi connectivity index (χ1n) is 9.89. The van der Waals surface area contributed by atoms with Gasteiger partial charge in [-0.25, -0.2) is 0 Å². The Kier molecular flexibility index (Phi) is 7.96. The number of halogens is 1. The first-order valence-corrected chi connectivity index (χ1v) is 11.2. The lowest BCUT2D eigenvalue weighted by molar-refractivity contribution is 0.0949. The Morgan fingerprint density at radius 3 is 2.57 bits per heavy atom. The first-order chi connectivity index (χ1) is 14.5. The molecule has 0 aliphatic rings. The second-order valence-corrected chi connectivity index (χ2v) is 8.68. The molecule has 1 amide bonds. The third kappa shape index (κ3) is 5.65. The molecule has 3 aromatic rings. The van der Waals surface area contributed by atoms with Crippen LogP contribution in [0.5, 0.6) is 0 Å². The van der Waals surface area contributed by atoms with Gasteiger partial charge in [-0.2, -0.15) is 5.10 Å². The van der Waals surface area contributed by atoms with Crippen molar-refractivity contribution in [3.8, 4) is 11.3 Å². The van der Waals surface area contributed by atoms with Crippen LogP contribution in [0.25, 0.3) is 11.3 Å². The molecule has 0 saturated heterocycles. The second kappa shape index (κ2) is 10.7. The average molecular weight is 443 g/mol. The monoisotopic (exact) mass is 442 g/mol. The van der Waals surface area contributed by atoms with Crippen molar-refractivity contribution in [2.45, 2.75) is 17.1 Å². The van der Waals surface area contributed by atoms with Gasteiger partial charge in [0.15, 0.2) is 0 Å². The van der Waals surface area contributed by atoms with Gasteiger partial charge in [-0.15, -0.1) is 11.8 Å². The Bertz CT molecular complexity index is 988. The first kappa shape index (κ1) is 22.4. The summed E-state index contributed by atoms with van der Waals surface area (Å²) in [6.45, 7) is 1.60. The lowest BCUT2D eigenvalue weighted by atomic mass is 10.1. The molecule has 0 saturated carbocycles. The molecule has 1 N–H and O–H groups in total. The van der Waals surface area contributed by atoms with Crippen molar-refractivity contribution < 1.29 is 4.79 Å². The molecule has 7 heteroatoms. The molecule has 2 aromatic carbocycles. The number of nitrogens with zero attached hydrogens (tertiary/aromatic N) is 3. The second-order valence-electron chi connectivity index (χ2n) is 7.31. The summed E-state index contributed by atoms with van der Waals surface area (Å²) in [7, 11) is 5.90. The maximum absolute atomic E-state index is 12.7. The van der Waals surface area contributed by atoms with Gasteiger partial charge in [-0.1, -0.05) is 54.1 Å². The zero-order valence-corrected chi connectivity index (χ0v) is 19.1. The van der Waals surface area contributed by atoms with E-state index in [-0.39, 0.29) is 5.91 Å². The molecule has 1 heterocycles. The molecule has 0 spiro atoms. The minimum Gasteiger partial charge on any atom is -0.352 e. The molecule has 0 atom stereocenters. The number of carbonyl (C=O) groups excluding carboxylic acids is 1. The van der Waals surface area contributed by atoms with E-state index in [1.807, 2.05) is 75.7 Å². The predicted octanol–water partition coefficient (Wildman–Crippen LogP) is 4.71. The number of carbonyl (C=O) groups is 1. The molecular weight excluding hydrogens is 416 g/mol. The van der Waals surface area contributed by atoms with Gasteiger partial charge in [-0.05, 0) is 39.2 Å².